The van der Waals surface area contributed by atoms with Crippen LogP contribution in [0.15, 0.2) is 72.1 Å². The zero-order chi connectivity index (χ0) is 31.3. The number of hydrogen-bond donors (Lipinski definition) is 3. The Morgan fingerprint density at radius 1 is 1.18 bits per heavy atom. The molecular weight excluding hydrogens is 572 g/mol. The van der Waals surface area contributed by atoms with Crippen LogP contribution in [0.5, 0.6) is 5.75 Å². The average Bonchev–Trinajstić information content (AvgIpc) is 3.24. The lowest BCUT2D eigenvalue weighted by molar-refractivity contribution is -0.290. The highest BCUT2D eigenvalue weighted by molar-refractivity contribution is 6.01. The van der Waals surface area contributed by atoms with Gasteiger partial charge in [0, 0.05) is 34.9 Å². The zero-order valence-corrected chi connectivity index (χ0v) is 24.7. The van der Waals surface area contributed by atoms with Gasteiger partial charge in [-0.3, -0.25) is 9.59 Å². The summed E-state index contributed by atoms with van der Waals surface area (Å²) in [5.74, 6) is -1.56. The number of Topliss-reactive ketones (excluding diaryl/α,β-unsaturated/α-hetero) is 1. The van der Waals surface area contributed by atoms with Crippen molar-refractivity contribution in [3.8, 4) is 5.75 Å². The number of carbonyl (C=O) groups excluding carboxylic acids is 2. The molecule has 5 aliphatic carbocycles. The number of alkyl halides is 2. The molecule has 10 heteroatoms. The minimum absolute atomic E-state index is 0.0322. The quantitative estimate of drug-likeness (QED) is 0.439. The molecule has 0 unspecified atom stereocenters. The molecule has 0 aromatic heterocycles. The van der Waals surface area contributed by atoms with Crippen molar-refractivity contribution in [3.05, 3.63) is 72.1 Å². The third-order valence-electron chi connectivity index (χ3n) is 11.5. The number of nitrogens with two attached hydrogens (primary N) is 1. The number of carbonyl (C=O) groups is 2. The van der Waals surface area contributed by atoms with Crippen LogP contribution < -0.4 is 10.5 Å². The van der Waals surface area contributed by atoms with Crippen molar-refractivity contribution in [1.29, 1.82) is 0 Å². The molecule has 1 spiro atoms. The Morgan fingerprint density at radius 3 is 2.68 bits per heavy atom. The van der Waals surface area contributed by atoms with E-state index in [4.69, 9.17) is 19.9 Å². The topological polar surface area (TPSA) is 128 Å². The highest BCUT2D eigenvalue weighted by Gasteiger charge is 2.79. The molecule has 0 radical (unpaired) electrons. The summed E-state index contributed by atoms with van der Waals surface area (Å²) in [6.07, 6.45) is 5.05. The number of ketones is 2. The first-order chi connectivity index (χ1) is 20.8. The average molecular weight is 610 g/mol. The van der Waals surface area contributed by atoms with Crippen molar-refractivity contribution in [2.24, 2.45) is 22.7 Å². The second kappa shape index (κ2) is 9.66. The maximum Gasteiger partial charge on any atom is 0.193 e. The molecule has 0 bridgehead atoms. The smallest absolute Gasteiger partial charge is 0.193 e. The Bertz CT molecular complexity index is 1560. The van der Waals surface area contributed by atoms with Gasteiger partial charge < -0.3 is 30.2 Å². The van der Waals surface area contributed by atoms with Gasteiger partial charge in [-0.2, -0.15) is 0 Å². The number of allylic oxidation sites excluding steroid dienone is 5. The lowest BCUT2D eigenvalue weighted by atomic mass is 9.44. The van der Waals surface area contributed by atoms with Crippen molar-refractivity contribution in [2.45, 2.75) is 74.8 Å². The lowest BCUT2D eigenvalue weighted by Gasteiger charge is -2.64. The standard InChI is InChI=1S/C34H37F2NO7/c1-30-9-6-20(39)13-25(30)26(35)14-24-23-15-29-34(28(41)17-38,31(23,2)16-27(40)33(24,30)36)44-32(18-42-29)10-7-21(8-11-32)43-22-5-3-4-19(37)12-22/h3-10,12-13,23-24,26-27,29,38,40H,11,14-18,37H2,1-2H3/t23-,24-,26-,27-,29+,30-,31-,32-,33-,34+/m0/s1. The van der Waals surface area contributed by atoms with Crippen LogP contribution in [0.25, 0.3) is 0 Å². The summed E-state index contributed by atoms with van der Waals surface area (Å²) in [5, 5.41) is 22.0. The van der Waals surface area contributed by atoms with Crippen molar-refractivity contribution < 1.29 is 42.8 Å². The molecule has 4 fully saturated rings. The molecule has 1 aliphatic heterocycles. The van der Waals surface area contributed by atoms with Crippen LogP contribution in [0, 0.1) is 22.7 Å². The van der Waals surface area contributed by atoms with E-state index in [2.05, 4.69) is 0 Å². The summed E-state index contributed by atoms with van der Waals surface area (Å²) < 4.78 is 52.7. The number of hydrogen-bond acceptors (Lipinski definition) is 8. The highest BCUT2D eigenvalue weighted by atomic mass is 19.1. The molecular formula is C34H37F2NO7. The number of halogens is 2. The summed E-state index contributed by atoms with van der Waals surface area (Å²) in [6, 6.07) is 7.01. The summed E-state index contributed by atoms with van der Waals surface area (Å²) in [5.41, 5.74) is -1.42. The lowest BCUT2D eigenvalue weighted by Crippen LogP contribution is -2.73. The van der Waals surface area contributed by atoms with Crippen LogP contribution in [-0.4, -0.2) is 70.2 Å². The van der Waals surface area contributed by atoms with Gasteiger partial charge in [0.05, 0.1) is 18.8 Å². The van der Waals surface area contributed by atoms with E-state index in [9.17, 15) is 19.8 Å². The molecule has 0 amide bonds. The normalized spacial score (nSPS) is 45.5. The second-order valence-electron chi connectivity index (χ2n) is 13.7. The third kappa shape index (κ3) is 3.74. The van der Waals surface area contributed by atoms with Gasteiger partial charge in [-0.25, -0.2) is 8.78 Å². The van der Waals surface area contributed by atoms with Crippen LogP contribution in [0.2, 0.25) is 0 Å². The predicted molar refractivity (Wildman–Crippen MR) is 156 cm³/mol. The predicted octanol–water partition coefficient (Wildman–Crippen LogP) is 3.87. The van der Waals surface area contributed by atoms with E-state index in [1.807, 2.05) is 6.08 Å². The van der Waals surface area contributed by atoms with Crippen molar-refractivity contribution >= 4 is 17.3 Å². The molecule has 3 saturated carbocycles. The SMILES string of the molecule is C[C@]12C=CC(=O)C=C1[C@@H](F)C[C@H]1[C@@H]3C[C@H]4OC[C@@]5(C=CC(Oc6cccc(N)c6)=CC5)O[C@@]4(C(=O)CO)[C@@]3(C)C[C@H](O)[C@@]12F. The number of fused-ring (bicyclic) bond motifs is 7. The van der Waals surface area contributed by atoms with E-state index in [1.54, 1.807) is 43.3 Å². The molecule has 8 nitrogen and oxygen atoms in total. The summed E-state index contributed by atoms with van der Waals surface area (Å²) in [7, 11) is 0. The number of aliphatic hydroxyl groups is 2. The summed E-state index contributed by atoms with van der Waals surface area (Å²) >= 11 is 0. The molecule has 1 aromatic rings. The van der Waals surface area contributed by atoms with E-state index in [0.717, 1.165) is 6.08 Å². The van der Waals surface area contributed by atoms with Gasteiger partial charge >= 0.3 is 0 Å². The van der Waals surface area contributed by atoms with Crippen molar-refractivity contribution in [2.75, 3.05) is 18.9 Å². The number of anilines is 1. The number of ether oxygens (including phenoxy) is 3. The van der Waals surface area contributed by atoms with Gasteiger partial charge in [-0.15, -0.1) is 0 Å². The first kappa shape index (κ1) is 29.5. The van der Waals surface area contributed by atoms with Crippen LogP contribution in [0.1, 0.15) is 39.5 Å². The molecule has 44 heavy (non-hydrogen) atoms. The summed E-state index contributed by atoms with van der Waals surface area (Å²) in [6.45, 7) is 2.56. The Morgan fingerprint density at radius 2 is 1.98 bits per heavy atom. The van der Waals surface area contributed by atoms with Gasteiger partial charge in [-0.05, 0) is 80.2 Å². The van der Waals surface area contributed by atoms with Crippen LogP contribution in [-0.2, 0) is 19.1 Å². The highest BCUT2D eigenvalue weighted by Crippen LogP contribution is 2.72. The van der Waals surface area contributed by atoms with E-state index >= 15 is 8.78 Å². The number of aliphatic hydroxyl groups excluding tert-OH is 2. The maximum absolute atomic E-state index is 17.6. The number of nitrogen functional groups attached to an aromatic ring is 1. The van der Waals surface area contributed by atoms with Crippen LogP contribution >= 0.6 is 0 Å². The monoisotopic (exact) mass is 609 g/mol. The fraction of sp³-hybridized carbons (Fsp3) is 0.529. The molecule has 1 heterocycles. The first-order valence-electron chi connectivity index (χ1n) is 15.2. The largest absolute Gasteiger partial charge is 0.458 e. The van der Waals surface area contributed by atoms with E-state index < -0.39 is 76.1 Å². The first-order valence-corrected chi connectivity index (χ1v) is 15.2. The van der Waals surface area contributed by atoms with Crippen molar-refractivity contribution in [1.82, 2.24) is 0 Å². The minimum Gasteiger partial charge on any atom is -0.458 e. The molecule has 10 atom stereocenters. The van der Waals surface area contributed by atoms with E-state index in [1.165, 1.54) is 19.1 Å². The molecule has 1 saturated heterocycles. The van der Waals surface area contributed by atoms with Gasteiger partial charge in [0.25, 0.3) is 0 Å². The number of rotatable bonds is 4. The van der Waals surface area contributed by atoms with Crippen molar-refractivity contribution in [3.63, 3.8) is 0 Å². The maximum atomic E-state index is 17.6. The summed E-state index contributed by atoms with van der Waals surface area (Å²) in [4.78, 5) is 26.0. The Labute approximate surface area is 254 Å². The van der Waals surface area contributed by atoms with Gasteiger partial charge in [0.15, 0.2) is 22.8 Å². The second-order valence-corrected chi connectivity index (χ2v) is 13.7. The minimum atomic E-state index is -2.31. The van der Waals surface area contributed by atoms with E-state index in [0.29, 0.717) is 17.2 Å². The van der Waals surface area contributed by atoms with Gasteiger partial charge in [0.2, 0.25) is 0 Å². The Kier molecular flexibility index (Phi) is 6.48. The molecule has 6 aliphatic rings. The zero-order valence-electron chi connectivity index (χ0n) is 24.7. The van der Waals surface area contributed by atoms with Gasteiger partial charge in [-0.1, -0.05) is 19.1 Å². The van der Waals surface area contributed by atoms with Crippen LogP contribution in [0.4, 0.5) is 14.5 Å². The molecule has 4 N–H and O–H groups in total. The molecule has 1 aromatic carbocycles. The molecule has 7 rings (SSSR count). The Hall–Kier alpha value is -3.18. The fourth-order valence-electron chi connectivity index (χ4n) is 9.43. The van der Waals surface area contributed by atoms with Crippen LogP contribution in [0.3, 0.4) is 0 Å². The van der Waals surface area contributed by atoms with E-state index in [-0.39, 0.29) is 37.9 Å². The van der Waals surface area contributed by atoms with Gasteiger partial charge in [0.1, 0.15) is 29.9 Å². The Balaban J connectivity index is 1.24. The fourth-order valence-corrected chi connectivity index (χ4v) is 9.43. The molecule has 234 valence electrons. The third-order valence-corrected chi connectivity index (χ3v) is 11.5. The number of benzene rings is 1.